The molecule has 1 aromatic heterocycles. The Bertz CT molecular complexity index is 751. The van der Waals surface area contributed by atoms with E-state index < -0.39 is 17.7 Å². The number of nitrogens with zero attached hydrogens (tertiary/aromatic N) is 1. The zero-order valence-electron chi connectivity index (χ0n) is 13.9. The summed E-state index contributed by atoms with van der Waals surface area (Å²) in [6.07, 6.45) is 1.13. The molecule has 0 unspecified atom stereocenters. The van der Waals surface area contributed by atoms with Gasteiger partial charge in [0.05, 0.1) is 11.3 Å². The van der Waals surface area contributed by atoms with E-state index in [2.05, 4.69) is 10.3 Å². The molecule has 0 fully saturated rings. The van der Waals surface area contributed by atoms with Crippen molar-refractivity contribution in [2.45, 2.75) is 32.9 Å². The lowest BCUT2D eigenvalue weighted by atomic mass is 10.1. The zero-order chi connectivity index (χ0) is 17.7. The van der Waals surface area contributed by atoms with Crippen LogP contribution in [0.25, 0.3) is 11.3 Å². The van der Waals surface area contributed by atoms with Crippen molar-refractivity contribution in [1.82, 2.24) is 10.3 Å². The monoisotopic (exact) mass is 328 g/mol. The van der Waals surface area contributed by atoms with Gasteiger partial charge in [0.15, 0.2) is 0 Å². The molecular weight excluding hydrogens is 308 g/mol. The number of hydrogen-bond donors (Lipinski definition) is 2. The summed E-state index contributed by atoms with van der Waals surface area (Å²) in [5.74, 6) is -0.986. The third-order valence-corrected chi connectivity index (χ3v) is 3.07. The molecule has 0 bridgehead atoms. The number of alkyl carbamates (subject to hydrolysis) is 1. The molecule has 0 spiro atoms. The Morgan fingerprint density at radius 3 is 2.62 bits per heavy atom. The molecule has 6 heteroatoms. The van der Waals surface area contributed by atoms with Gasteiger partial charge in [0.1, 0.15) is 5.60 Å². The van der Waals surface area contributed by atoms with Crippen molar-refractivity contribution in [3.63, 3.8) is 0 Å². The van der Waals surface area contributed by atoms with E-state index in [1.807, 2.05) is 0 Å². The highest BCUT2D eigenvalue weighted by Gasteiger charge is 2.15. The van der Waals surface area contributed by atoms with Crippen LogP contribution in [0.1, 0.15) is 36.7 Å². The van der Waals surface area contributed by atoms with Gasteiger partial charge in [-0.1, -0.05) is 12.1 Å². The number of benzene rings is 1. The van der Waals surface area contributed by atoms with Gasteiger partial charge in [-0.25, -0.2) is 9.59 Å². The quantitative estimate of drug-likeness (QED) is 0.897. The van der Waals surface area contributed by atoms with Crippen LogP contribution in [0.2, 0.25) is 0 Å². The highest BCUT2D eigenvalue weighted by molar-refractivity contribution is 5.89. The summed E-state index contributed by atoms with van der Waals surface area (Å²) in [7, 11) is 0. The maximum atomic E-state index is 11.7. The van der Waals surface area contributed by atoms with Gasteiger partial charge in [-0.05, 0) is 50.6 Å². The Labute approximate surface area is 140 Å². The summed E-state index contributed by atoms with van der Waals surface area (Å²) in [6.45, 7) is 5.69. The van der Waals surface area contributed by atoms with Crippen molar-refractivity contribution in [3.8, 4) is 11.3 Å². The SMILES string of the molecule is CC(C)(C)OC(=O)NCc1ccnc(-c2cccc(C(=O)O)c2)c1. The van der Waals surface area contributed by atoms with Gasteiger partial charge in [-0.15, -0.1) is 0 Å². The van der Waals surface area contributed by atoms with E-state index in [0.717, 1.165) is 5.56 Å². The number of carbonyl (C=O) groups excluding carboxylic acids is 1. The van der Waals surface area contributed by atoms with Crippen LogP contribution in [0, 0.1) is 0 Å². The summed E-state index contributed by atoms with van der Waals surface area (Å²) < 4.78 is 5.19. The topological polar surface area (TPSA) is 88.5 Å². The average Bonchev–Trinajstić information content (AvgIpc) is 2.52. The van der Waals surface area contributed by atoms with Crippen molar-refractivity contribution >= 4 is 12.1 Å². The van der Waals surface area contributed by atoms with Gasteiger partial charge >= 0.3 is 12.1 Å². The molecule has 2 N–H and O–H groups in total. The van der Waals surface area contributed by atoms with Crippen LogP contribution in [0.4, 0.5) is 4.79 Å². The number of ether oxygens (including phenoxy) is 1. The summed E-state index contributed by atoms with van der Waals surface area (Å²) in [6, 6.07) is 10.1. The summed E-state index contributed by atoms with van der Waals surface area (Å²) in [5, 5.41) is 11.7. The van der Waals surface area contributed by atoms with Crippen LogP contribution in [-0.4, -0.2) is 27.8 Å². The third kappa shape index (κ3) is 5.08. The minimum absolute atomic E-state index is 0.201. The van der Waals surface area contributed by atoms with Crippen LogP contribution in [0.5, 0.6) is 0 Å². The lowest BCUT2D eigenvalue weighted by molar-refractivity contribution is 0.0523. The summed E-state index contributed by atoms with van der Waals surface area (Å²) >= 11 is 0. The molecule has 0 saturated heterocycles. The van der Waals surface area contributed by atoms with E-state index in [1.165, 1.54) is 6.07 Å². The lowest BCUT2D eigenvalue weighted by Crippen LogP contribution is -2.32. The predicted octanol–water partition coefficient (Wildman–Crippen LogP) is 3.47. The van der Waals surface area contributed by atoms with E-state index >= 15 is 0 Å². The average molecular weight is 328 g/mol. The molecule has 2 aromatic rings. The molecular formula is C18H20N2O4. The standard InChI is InChI=1S/C18H20N2O4/c1-18(2,3)24-17(23)20-11-12-7-8-19-15(9-12)13-5-4-6-14(10-13)16(21)22/h4-10H,11H2,1-3H3,(H,20,23)(H,21,22). The first-order chi connectivity index (χ1) is 11.2. The number of aromatic carboxylic acids is 1. The molecule has 1 aromatic carbocycles. The van der Waals surface area contributed by atoms with Crippen LogP contribution >= 0.6 is 0 Å². The maximum Gasteiger partial charge on any atom is 0.407 e. The Morgan fingerprint density at radius 2 is 1.96 bits per heavy atom. The predicted molar refractivity (Wildman–Crippen MR) is 89.7 cm³/mol. The van der Waals surface area contributed by atoms with Crippen molar-refractivity contribution in [3.05, 3.63) is 53.7 Å². The Morgan fingerprint density at radius 1 is 1.21 bits per heavy atom. The maximum absolute atomic E-state index is 11.7. The second-order valence-electron chi connectivity index (χ2n) is 6.29. The molecule has 0 atom stereocenters. The molecule has 0 saturated carbocycles. The lowest BCUT2D eigenvalue weighted by Gasteiger charge is -2.19. The number of hydrogen-bond acceptors (Lipinski definition) is 4. The number of carboxylic acids is 1. The Kier molecular flexibility index (Phi) is 5.18. The molecule has 24 heavy (non-hydrogen) atoms. The number of carboxylic acid groups (broad SMARTS) is 1. The number of rotatable bonds is 4. The second kappa shape index (κ2) is 7.12. The van der Waals surface area contributed by atoms with E-state index in [0.29, 0.717) is 17.8 Å². The van der Waals surface area contributed by atoms with Crippen LogP contribution in [-0.2, 0) is 11.3 Å². The van der Waals surface area contributed by atoms with Gasteiger partial charge in [0.25, 0.3) is 0 Å². The third-order valence-electron chi connectivity index (χ3n) is 3.07. The number of carbonyl (C=O) groups is 2. The molecule has 1 amide bonds. The smallest absolute Gasteiger partial charge is 0.407 e. The fourth-order valence-electron chi connectivity index (χ4n) is 2.04. The molecule has 2 rings (SSSR count). The summed E-state index contributed by atoms with van der Waals surface area (Å²) in [5.41, 5.74) is 1.83. The number of pyridine rings is 1. The van der Waals surface area contributed by atoms with Crippen molar-refractivity contribution in [2.24, 2.45) is 0 Å². The highest BCUT2D eigenvalue weighted by atomic mass is 16.6. The summed E-state index contributed by atoms with van der Waals surface area (Å²) in [4.78, 5) is 27.0. The van der Waals surface area contributed by atoms with Gasteiger partial charge < -0.3 is 15.2 Å². The normalized spacial score (nSPS) is 11.0. The molecule has 6 nitrogen and oxygen atoms in total. The number of aromatic nitrogens is 1. The first-order valence-corrected chi connectivity index (χ1v) is 7.50. The fourth-order valence-corrected chi connectivity index (χ4v) is 2.04. The Balaban J connectivity index is 2.10. The van der Waals surface area contributed by atoms with Crippen molar-refractivity contribution in [1.29, 1.82) is 0 Å². The van der Waals surface area contributed by atoms with Crippen molar-refractivity contribution < 1.29 is 19.4 Å². The van der Waals surface area contributed by atoms with Gasteiger partial charge in [0, 0.05) is 18.3 Å². The minimum atomic E-state index is -0.986. The van der Waals surface area contributed by atoms with Gasteiger partial charge in [-0.2, -0.15) is 0 Å². The van der Waals surface area contributed by atoms with Crippen LogP contribution in [0.15, 0.2) is 42.6 Å². The molecule has 0 aliphatic heterocycles. The van der Waals surface area contributed by atoms with Crippen molar-refractivity contribution in [2.75, 3.05) is 0 Å². The molecule has 0 radical (unpaired) electrons. The number of amides is 1. The molecule has 1 heterocycles. The molecule has 0 aliphatic carbocycles. The van der Waals surface area contributed by atoms with Crippen LogP contribution < -0.4 is 5.32 Å². The second-order valence-corrected chi connectivity index (χ2v) is 6.29. The zero-order valence-corrected chi connectivity index (χ0v) is 13.9. The van der Waals surface area contributed by atoms with E-state index in [4.69, 9.17) is 9.84 Å². The fraction of sp³-hybridized carbons (Fsp3) is 0.278. The van der Waals surface area contributed by atoms with Gasteiger partial charge in [0.2, 0.25) is 0 Å². The van der Waals surface area contributed by atoms with E-state index in [9.17, 15) is 9.59 Å². The van der Waals surface area contributed by atoms with E-state index in [-0.39, 0.29) is 5.56 Å². The first kappa shape index (κ1) is 17.5. The van der Waals surface area contributed by atoms with Crippen LogP contribution in [0.3, 0.4) is 0 Å². The van der Waals surface area contributed by atoms with Gasteiger partial charge in [-0.3, -0.25) is 4.98 Å². The Hall–Kier alpha value is -2.89. The highest BCUT2D eigenvalue weighted by Crippen LogP contribution is 2.19. The number of nitrogens with one attached hydrogen (secondary N) is 1. The molecule has 0 aliphatic rings. The molecule has 126 valence electrons. The minimum Gasteiger partial charge on any atom is -0.478 e. The first-order valence-electron chi connectivity index (χ1n) is 7.50. The van der Waals surface area contributed by atoms with E-state index in [1.54, 1.807) is 57.3 Å². The largest absolute Gasteiger partial charge is 0.478 e.